The van der Waals surface area contributed by atoms with Crippen molar-refractivity contribution in [2.75, 3.05) is 32.6 Å². The van der Waals surface area contributed by atoms with Gasteiger partial charge in [-0.2, -0.15) is 0 Å². The number of thioether (sulfide) groups is 1. The molecule has 0 saturated carbocycles. The van der Waals surface area contributed by atoms with E-state index in [9.17, 15) is 4.79 Å². The Hall–Kier alpha value is -1.62. The first-order valence-electron chi connectivity index (χ1n) is 9.61. The SMILES string of the molecule is CSc1ccc(C(=O)C(C)(C(C)Cc2ccccc2)N2CCOCC2)cc1. The third kappa shape index (κ3) is 4.45. The molecule has 0 N–H and O–H groups in total. The Labute approximate surface area is 167 Å². The van der Waals surface area contributed by atoms with Gasteiger partial charge >= 0.3 is 0 Å². The molecule has 2 atom stereocenters. The Balaban J connectivity index is 1.91. The Morgan fingerprint density at radius 2 is 1.74 bits per heavy atom. The van der Waals surface area contributed by atoms with Gasteiger partial charge < -0.3 is 4.74 Å². The zero-order chi connectivity index (χ0) is 19.3. The maximum atomic E-state index is 13.7. The van der Waals surface area contributed by atoms with E-state index in [0.717, 1.165) is 25.1 Å². The average Bonchev–Trinajstić information content (AvgIpc) is 2.74. The lowest BCUT2D eigenvalue weighted by Crippen LogP contribution is -2.60. The van der Waals surface area contributed by atoms with E-state index >= 15 is 0 Å². The van der Waals surface area contributed by atoms with Crippen LogP contribution < -0.4 is 0 Å². The fourth-order valence-corrected chi connectivity index (χ4v) is 4.32. The van der Waals surface area contributed by atoms with Gasteiger partial charge in [-0.1, -0.05) is 49.4 Å². The molecule has 2 unspecified atom stereocenters. The molecule has 144 valence electrons. The van der Waals surface area contributed by atoms with E-state index in [2.05, 4.69) is 49.3 Å². The fourth-order valence-electron chi connectivity index (χ4n) is 3.91. The maximum Gasteiger partial charge on any atom is 0.183 e. The van der Waals surface area contributed by atoms with Crippen LogP contribution in [0, 0.1) is 5.92 Å². The summed E-state index contributed by atoms with van der Waals surface area (Å²) in [6.07, 6.45) is 2.93. The van der Waals surface area contributed by atoms with Crippen LogP contribution in [-0.2, 0) is 11.2 Å². The van der Waals surface area contributed by atoms with Gasteiger partial charge in [0, 0.05) is 23.5 Å². The zero-order valence-electron chi connectivity index (χ0n) is 16.5. The molecule has 0 radical (unpaired) electrons. The summed E-state index contributed by atoms with van der Waals surface area (Å²) in [5.41, 5.74) is 1.51. The van der Waals surface area contributed by atoms with E-state index in [4.69, 9.17) is 4.74 Å². The minimum atomic E-state index is -0.555. The van der Waals surface area contributed by atoms with Crippen LogP contribution in [0.15, 0.2) is 59.5 Å². The molecule has 1 aliphatic rings. The number of nitrogens with zero attached hydrogens (tertiary/aromatic N) is 1. The first kappa shape index (κ1) is 20.1. The molecular formula is C23H29NO2S. The molecular weight excluding hydrogens is 354 g/mol. The molecule has 0 aliphatic carbocycles. The number of benzene rings is 2. The summed E-state index contributed by atoms with van der Waals surface area (Å²) in [4.78, 5) is 17.2. The Bertz CT molecular complexity index is 741. The molecule has 3 rings (SSSR count). The van der Waals surface area contributed by atoms with Gasteiger partial charge in [-0.25, -0.2) is 0 Å². The summed E-state index contributed by atoms with van der Waals surface area (Å²) in [5, 5.41) is 0. The van der Waals surface area contributed by atoms with Crippen molar-refractivity contribution in [3.8, 4) is 0 Å². The van der Waals surface area contributed by atoms with Crippen LogP contribution in [0.25, 0.3) is 0 Å². The highest BCUT2D eigenvalue weighted by Crippen LogP contribution is 2.33. The van der Waals surface area contributed by atoms with Crippen LogP contribution in [0.4, 0.5) is 0 Å². The monoisotopic (exact) mass is 383 g/mol. The lowest BCUT2D eigenvalue weighted by molar-refractivity contribution is -0.0257. The fraction of sp³-hybridized carbons (Fsp3) is 0.435. The molecule has 0 bridgehead atoms. The van der Waals surface area contributed by atoms with Crippen LogP contribution >= 0.6 is 11.8 Å². The van der Waals surface area contributed by atoms with Crippen LogP contribution in [0.3, 0.4) is 0 Å². The largest absolute Gasteiger partial charge is 0.379 e. The average molecular weight is 384 g/mol. The van der Waals surface area contributed by atoms with Gasteiger partial charge in [0.15, 0.2) is 5.78 Å². The van der Waals surface area contributed by atoms with Crippen molar-refractivity contribution in [2.45, 2.75) is 30.7 Å². The summed E-state index contributed by atoms with van der Waals surface area (Å²) < 4.78 is 5.55. The Kier molecular flexibility index (Phi) is 6.74. The lowest BCUT2D eigenvalue weighted by Gasteiger charge is -2.46. The third-order valence-electron chi connectivity index (χ3n) is 5.82. The van der Waals surface area contributed by atoms with Gasteiger partial charge in [-0.3, -0.25) is 9.69 Å². The lowest BCUT2D eigenvalue weighted by atomic mass is 9.75. The summed E-state index contributed by atoms with van der Waals surface area (Å²) in [5.74, 6) is 0.395. The molecule has 0 spiro atoms. The number of ketones is 1. The highest BCUT2D eigenvalue weighted by molar-refractivity contribution is 7.98. The second kappa shape index (κ2) is 9.05. The van der Waals surface area contributed by atoms with Crippen molar-refractivity contribution in [3.05, 3.63) is 65.7 Å². The van der Waals surface area contributed by atoms with Crippen molar-refractivity contribution in [3.63, 3.8) is 0 Å². The highest BCUT2D eigenvalue weighted by atomic mass is 32.2. The number of hydrogen-bond acceptors (Lipinski definition) is 4. The number of rotatable bonds is 7. The molecule has 1 heterocycles. The second-order valence-electron chi connectivity index (χ2n) is 7.40. The van der Waals surface area contributed by atoms with E-state index in [1.807, 2.05) is 30.3 Å². The van der Waals surface area contributed by atoms with Crippen LogP contribution in [0.1, 0.15) is 29.8 Å². The van der Waals surface area contributed by atoms with Gasteiger partial charge in [0.05, 0.1) is 18.8 Å². The number of carbonyl (C=O) groups is 1. The summed E-state index contributed by atoms with van der Waals surface area (Å²) in [7, 11) is 0. The van der Waals surface area contributed by atoms with Gasteiger partial charge in [0.1, 0.15) is 0 Å². The molecule has 2 aromatic rings. The van der Waals surface area contributed by atoms with Gasteiger partial charge in [-0.05, 0) is 43.2 Å². The van der Waals surface area contributed by atoms with Gasteiger partial charge in [0.25, 0.3) is 0 Å². The maximum absolute atomic E-state index is 13.7. The predicted molar refractivity (Wildman–Crippen MR) is 113 cm³/mol. The molecule has 27 heavy (non-hydrogen) atoms. The van der Waals surface area contributed by atoms with Crippen LogP contribution in [-0.4, -0.2) is 48.8 Å². The molecule has 0 aromatic heterocycles. The molecule has 1 fully saturated rings. The molecule has 0 amide bonds. The van der Waals surface area contributed by atoms with Crippen molar-refractivity contribution in [1.29, 1.82) is 0 Å². The van der Waals surface area contributed by atoms with Crippen molar-refractivity contribution >= 4 is 17.5 Å². The molecule has 3 nitrogen and oxygen atoms in total. The van der Waals surface area contributed by atoms with E-state index in [1.165, 1.54) is 10.5 Å². The zero-order valence-corrected chi connectivity index (χ0v) is 17.3. The van der Waals surface area contributed by atoms with Crippen LogP contribution in [0.2, 0.25) is 0 Å². The van der Waals surface area contributed by atoms with Crippen molar-refractivity contribution in [1.82, 2.24) is 4.90 Å². The number of morpholine rings is 1. The first-order valence-corrected chi connectivity index (χ1v) is 10.8. The molecule has 1 saturated heterocycles. The summed E-state index contributed by atoms with van der Waals surface area (Å²) in [6, 6.07) is 18.5. The summed E-state index contributed by atoms with van der Waals surface area (Å²) >= 11 is 1.69. The third-order valence-corrected chi connectivity index (χ3v) is 6.57. The quantitative estimate of drug-likeness (QED) is 0.518. The standard InChI is InChI=1S/C23H29NO2S/c1-18(17-19-7-5-4-6-8-19)23(2,24-13-15-26-16-14-24)22(25)20-9-11-21(27-3)12-10-20/h4-12,18H,13-17H2,1-3H3. The van der Waals surface area contributed by atoms with E-state index in [0.29, 0.717) is 13.2 Å². The second-order valence-corrected chi connectivity index (χ2v) is 8.27. The molecule has 1 aliphatic heterocycles. The Morgan fingerprint density at radius 3 is 2.33 bits per heavy atom. The Morgan fingerprint density at radius 1 is 1.11 bits per heavy atom. The van der Waals surface area contributed by atoms with Crippen molar-refractivity contribution < 1.29 is 9.53 Å². The van der Waals surface area contributed by atoms with Crippen molar-refractivity contribution in [2.24, 2.45) is 5.92 Å². The van der Waals surface area contributed by atoms with E-state index in [1.54, 1.807) is 11.8 Å². The first-order chi connectivity index (χ1) is 13.1. The smallest absolute Gasteiger partial charge is 0.183 e. The number of ether oxygens (including phenoxy) is 1. The number of carbonyl (C=O) groups excluding carboxylic acids is 1. The van der Waals surface area contributed by atoms with E-state index < -0.39 is 5.54 Å². The predicted octanol–water partition coefficient (Wildman–Crippen LogP) is 4.56. The van der Waals surface area contributed by atoms with E-state index in [-0.39, 0.29) is 11.7 Å². The summed E-state index contributed by atoms with van der Waals surface area (Å²) in [6.45, 7) is 7.29. The number of Topliss-reactive ketones (excluding diaryl/α,β-unsaturated/α-hetero) is 1. The topological polar surface area (TPSA) is 29.5 Å². The minimum Gasteiger partial charge on any atom is -0.379 e. The highest BCUT2D eigenvalue weighted by Gasteiger charge is 2.44. The number of hydrogen-bond donors (Lipinski definition) is 0. The minimum absolute atomic E-state index is 0.186. The van der Waals surface area contributed by atoms with Gasteiger partial charge in [0.2, 0.25) is 0 Å². The normalized spacial score (nSPS) is 18.6. The molecule has 4 heteroatoms. The molecule has 2 aromatic carbocycles. The van der Waals surface area contributed by atoms with Crippen LogP contribution in [0.5, 0.6) is 0 Å². The van der Waals surface area contributed by atoms with Gasteiger partial charge in [-0.15, -0.1) is 11.8 Å².